The minimum absolute atomic E-state index is 0.509. The van der Waals surface area contributed by atoms with Gasteiger partial charge in [-0.25, -0.2) is 4.79 Å². The molecule has 0 N–H and O–H groups in total. The average molecular weight is 411 g/mol. The monoisotopic (exact) mass is 410 g/mol. The van der Waals surface area contributed by atoms with E-state index < -0.39 is 6.16 Å². The summed E-state index contributed by atoms with van der Waals surface area (Å²) in [6, 6.07) is 15.4. The Kier molecular flexibility index (Phi) is 11.7. The van der Waals surface area contributed by atoms with E-state index in [0.29, 0.717) is 11.5 Å². The molecule has 0 spiro atoms. The van der Waals surface area contributed by atoms with Gasteiger partial charge in [0.25, 0.3) is 0 Å². The van der Waals surface area contributed by atoms with Crippen LogP contribution in [0.3, 0.4) is 0 Å². The van der Waals surface area contributed by atoms with Crippen molar-refractivity contribution in [2.24, 2.45) is 0 Å². The Bertz CT molecular complexity index is 704. The lowest BCUT2D eigenvalue weighted by Gasteiger charge is -2.07. The second kappa shape index (κ2) is 14.7. The Hall–Kier alpha value is -2.29. The van der Waals surface area contributed by atoms with Crippen molar-refractivity contribution in [1.29, 1.82) is 0 Å². The first-order valence-corrected chi connectivity index (χ1v) is 11.8. The van der Waals surface area contributed by atoms with Crippen LogP contribution in [0.1, 0.15) is 89.2 Å². The normalized spacial score (nSPS) is 10.7. The molecular formula is C27H38O3. The summed E-state index contributed by atoms with van der Waals surface area (Å²) in [5.74, 6) is 1.02. The van der Waals surface area contributed by atoms with Gasteiger partial charge < -0.3 is 9.47 Å². The first-order valence-electron chi connectivity index (χ1n) is 11.8. The highest BCUT2D eigenvalue weighted by Gasteiger charge is 2.08. The summed E-state index contributed by atoms with van der Waals surface area (Å²) in [4.78, 5) is 12.0. The maximum Gasteiger partial charge on any atom is 0.519 e. The molecule has 0 saturated carbocycles. The zero-order valence-electron chi connectivity index (χ0n) is 18.8. The van der Waals surface area contributed by atoms with Crippen molar-refractivity contribution in [2.75, 3.05) is 0 Å². The molecule has 0 radical (unpaired) electrons. The summed E-state index contributed by atoms with van der Waals surface area (Å²) in [7, 11) is 0. The zero-order valence-corrected chi connectivity index (χ0v) is 18.8. The number of rotatable bonds is 14. The van der Waals surface area contributed by atoms with Crippen molar-refractivity contribution in [2.45, 2.75) is 90.9 Å². The van der Waals surface area contributed by atoms with E-state index >= 15 is 0 Å². The predicted molar refractivity (Wildman–Crippen MR) is 124 cm³/mol. The summed E-state index contributed by atoms with van der Waals surface area (Å²) < 4.78 is 10.6. The average Bonchev–Trinajstić information content (AvgIpc) is 2.75. The van der Waals surface area contributed by atoms with Crippen LogP contribution in [0.4, 0.5) is 4.79 Å². The molecule has 2 rings (SSSR count). The fourth-order valence-electron chi connectivity index (χ4n) is 3.53. The number of ether oxygens (including phenoxy) is 2. The number of hydrogen-bond acceptors (Lipinski definition) is 3. The fourth-order valence-corrected chi connectivity index (χ4v) is 3.53. The van der Waals surface area contributed by atoms with Crippen LogP contribution in [-0.2, 0) is 12.8 Å². The van der Waals surface area contributed by atoms with Crippen LogP contribution in [0.25, 0.3) is 0 Å². The molecule has 0 aromatic heterocycles. The molecule has 2 aromatic rings. The molecule has 0 amide bonds. The number of benzene rings is 2. The van der Waals surface area contributed by atoms with Crippen molar-refractivity contribution in [1.82, 2.24) is 0 Å². The topological polar surface area (TPSA) is 35.5 Å². The Morgan fingerprint density at radius 2 is 0.933 bits per heavy atom. The Morgan fingerprint density at radius 3 is 1.40 bits per heavy atom. The molecule has 30 heavy (non-hydrogen) atoms. The van der Waals surface area contributed by atoms with Crippen molar-refractivity contribution in [3.8, 4) is 11.5 Å². The molecule has 0 aliphatic rings. The van der Waals surface area contributed by atoms with E-state index in [1.54, 1.807) is 0 Å². The second-order valence-electron chi connectivity index (χ2n) is 8.07. The van der Waals surface area contributed by atoms with Gasteiger partial charge in [0.05, 0.1) is 0 Å². The molecule has 164 valence electrons. The standard InChI is InChI=1S/C27H38O3/c1-3-5-7-8-9-10-12-14-24-17-21-26(22-18-24)30-27(28)29-25-19-15-23(16-20-25)13-11-6-4-2/h15-22H,3-14H2,1-2H3. The molecule has 0 fully saturated rings. The minimum atomic E-state index is -0.700. The van der Waals surface area contributed by atoms with Gasteiger partial charge in [0.15, 0.2) is 0 Å². The van der Waals surface area contributed by atoms with Crippen molar-refractivity contribution >= 4 is 6.16 Å². The zero-order chi connectivity index (χ0) is 21.4. The van der Waals surface area contributed by atoms with E-state index in [-0.39, 0.29) is 0 Å². The van der Waals surface area contributed by atoms with Gasteiger partial charge in [0.2, 0.25) is 0 Å². The maximum absolute atomic E-state index is 12.0. The van der Waals surface area contributed by atoms with Gasteiger partial charge in [-0.15, -0.1) is 0 Å². The van der Waals surface area contributed by atoms with Crippen molar-refractivity contribution in [3.05, 3.63) is 59.7 Å². The molecule has 0 atom stereocenters. The fraction of sp³-hybridized carbons (Fsp3) is 0.519. The van der Waals surface area contributed by atoms with Gasteiger partial charge >= 0.3 is 6.16 Å². The molecule has 3 nitrogen and oxygen atoms in total. The van der Waals surface area contributed by atoms with Gasteiger partial charge in [0.1, 0.15) is 11.5 Å². The van der Waals surface area contributed by atoms with Crippen LogP contribution in [0.15, 0.2) is 48.5 Å². The lowest BCUT2D eigenvalue weighted by Crippen LogP contribution is -2.13. The predicted octanol–water partition coefficient (Wildman–Crippen LogP) is 8.29. The summed E-state index contributed by atoms with van der Waals surface area (Å²) >= 11 is 0. The molecule has 2 aromatic carbocycles. The number of hydrogen-bond donors (Lipinski definition) is 0. The largest absolute Gasteiger partial charge is 0.519 e. The van der Waals surface area contributed by atoms with E-state index in [1.807, 2.05) is 48.5 Å². The Labute approximate surface area is 182 Å². The smallest absolute Gasteiger partial charge is 0.395 e. The molecule has 0 aliphatic carbocycles. The van der Waals surface area contributed by atoms with Crippen LogP contribution in [0.2, 0.25) is 0 Å². The maximum atomic E-state index is 12.0. The minimum Gasteiger partial charge on any atom is -0.395 e. The lowest BCUT2D eigenvalue weighted by atomic mass is 10.0. The molecule has 3 heteroatoms. The lowest BCUT2D eigenvalue weighted by molar-refractivity contribution is 0.152. The van der Waals surface area contributed by atoms with E-state index in [9.17, 15) is 4.79 Å². The van der Waals surface area contributed by atoms with E-state index in [1.165, 1.54) is 75.3 Å². The van der Waals surface area contributed by atoms with Crippen molar-refractivity contribution in [3.63, 3.8) is 0 Å². The van der Waals surface area contributed by atoms with Crippen LogP contribution < -0.4 is 9.47 Å². The molecule has 0 saturated heterocycles. The third kappa shape index (κ3) is 9.96. The molecule has 0 heterocycles. The van der Waals surface area contributed by atoms with Gasteiger partial charge in [-0.3, -0.25) is 0 Å². The van der Waals surface area contributed by atoms with Gasteiger partial charge in [-0.2, -0.15) is 0 Å². The third-order valence-electron chi connectivity index (χ3n) is 5.39. The molecule has 0 unspecified atom stereocenters. The molecular weight excluding hydrogens is 372 g/mol. The quantitative estimate of drug-likeness (QED) is 0.178. The summed E-state index contributed by atoms with van der Waals surface area (Å²) in [6.07, 6.45) is 14.3. The van der Waals surface area contributed by atoms with Gasteiger partial charge in [0, 0.05) is 0 Å². The van der Waals surface area contributed by atoms with Crippen LogP contribution >= 0.6 is 0 Å². The van der Waals surface area contributed by atoms with E-state index in [4.69, 9.17) is 9.47 Å². The first-order chi connectivity index (χ1) is 14.7. The highest BCUT2D eigenvalue weighted by Crippen LogP contribution is 2.18. The molecule has 0 bridgehead atoms. The summed E-state index contributed by atoms with van der Waals surface area (Å²) in [5, 5.41) is 0. The van der Waals surface area contributed by atoms with Crippen LogP contribution in [0.5, 0.6) is 11.5 Å². The highest BCUT2D eigenvalue weighted by molar-refractivity contribution is 5.67. The van der Waals surface area contributed by atoms with E-state index in [2.05, 4.69) is 13.8 Å². The number of aryl methyl sites for hydroxylation is 2. The summed E-state index contributed by atoms with van der Waals surface area (Å²) in [6.45, 7) is 4.45. The van der Waals surface area contributed by atoms with Crippen molar-refractivity contribution < 1.29 is 14.3 Å². The SMILES string of the molecule is CCCCCCCCCc1ccc(OC(=O)Oc2ccc(CCCCC)cc2)cc1. The Balaban J connectivity index is 1.67. The third-order valence-corrected chi connectivity index (χ3v) is 5.39. The highest BCUT2D eigenvalue weighted by atomic mass is 16.7. The van der Waals surface area contributed by atoms with Crippen LogP contribution in [0, 0.1) is 0 Å². The second-order valence-corrected chi connectivity index (χ2v) is 8.07. The summed E-state index contributed by atoms with van der Waals surface area (Å²) in [5.41, 5.74) is 2.55. The number of carbonyl (C=O) groups is 1. The molecule has 0 aliphatic heterocycles. The van der Waals surface area contributed by atoms with E-state index in [0.717, 1.165) is 12.8 Å². The number of carbonyl (C=O) groups excluding carboxylic acids is 1. The number of unbranched alkanes of at least 4 members (excludes halogenated alkanes) is 8. The van der Waals surface area contributed by atoms with Gasteiger partial charge in [-0.05, 0) is 61.1 Å². The Morgan fingerprint density at radius 1 is 0.567 bits per heavy atom. The van der Waals surface area contributed by atoms with Crippen LogP contribution in [-0.4, -0.2) is 6.16 Å². The first kappa shape index (κ1) is 24.0. The van der Waals surface area contributed by atoms with Gasteiger partial charge in [-0.1, -0.05) is 89.5 Å².